The average molecular weight is 376 g/mol. The van der Waals surface area contributed by atoms with Crippen molar-refractivity contribution in [3.05, 3.63) is 0 Å². The van der Waals surface area contributed by atoms with Gasteiger partial charge < -0.3 is 24.3 Å². The Labute approximate surface area is 162 Å². The van der Waals surface area contributed by atoms with Gasteiger partial charge in [0.1, 0.15) is 0 Å². The van der Waals surface area contributed by atoms with Gasteiger partial charge in [-0.2, -0.15) is 0 Å². The van der Waals surface area contributed by atoms with Gasteiger partial charge in [-0.1, -0.05) is 64.7 Å². The smallest absolute Gasteiger partial charge is 0.0701 e. The van der Waals surface area contributed by atoms with Gasteiger partial charge in [0, 0.05) is 13.2 Å². The van der Waals surface area contributed by atoms with Crippen LogP contribution in [0.4, 0.5) is 0 Å². The minimum absolute atomic E-state index is 0.619. The monoisotopic (exact) mass is 375 g/mol. The van der Waals surface area contributed by atoms with Crippen LogP contribution in [0.3, 0.4) is 0 Å². The maximum absolute atomic E-state index is 5.60. The van der Waals surface area contributed by atoms with E-state index in [0.717, 1.165) is 19.8 Å². The highest BCUT2D eigenvalue weighted by Crippen LogP contribution is 2.10. The van der Waals surface area contributed by atoms with Crippen LogP contribution in [-0.4, -0.2) is 66.4 Å². The van der Waals surface area contributed by atoms with Crippen molar-refractivity contribution in [2.45, 2.75) is 71.1 Å². The molecule has 0 saturated carbocycles. The fourth-order valence-corrected chi connectivity index (χ4v) is 2.63. The second kappa shape index (κ2) is 24.8. The van der Waals surface area contributed by atoms with Gasteiger partial charge in [0.15, 0.2) is 0 Å². The average Bonchev–Trinajstić information content (AvgIpc) is 2.66. The lowest BCUT2D eigenvalue weighted by Crippen LogP contribution is -2.17. The molecule has 0 bridgehead atoms. The van der Waals surface area contributed by atoms with Gasteiger partial charge in [-0.25, -0.2) is 0 Å². The lowest BCUT2D eigenvalue weighted by molar-refractivity contribution is -0.00170. The van der Waals surface area contributed by atoms with E-state index in [9.17, 15) is 0 Å². The van der Waals surface area contributed by atoms with Crippen LogP contribution >= 0.6 is 0 Å². The predicted molar refractivity (Wildman–Crippen MR) is 109 cm³/mol. The Morgan fingerprint density at radius 2 is 0.846 bits per heavy atom. The third kappa shape index (κ3) is 23.8. The first kappa shape index (κ1) is 25.8. The molecule has 0 amide bonds. The van der Waals surface area contributed by atoms with E-state index >= 15 is 0 Å². The fourth-order valence-electron chi connectivity index (χ4n) is 2.63. The molecule has 0 aliphatic rings. The van der Waals surface area contributed by atoms with E-state index in [1.165, 1.54) is 64.2 Å². The van der Waals surface area contributed by atoms with Crippen molar-refractivity contribution >= 4 is 0 Å². The van der Waals surface area contributed by atoms with E-state index < -0.39 is 0 Å². The Bertz CT molecular complexity index is 218. The van der Waals surface area contributed by atoms with Crippen LogP contribution in [-0.2, 0) is 18.9 Å². The molecular weight excluding hydrogens is 330 g/mol. The third-order valence-electron chi connectivity index (χ3n) is 4.25. The molecule has 0 aromatic rings. The fraction of sp³-hybridized carbons (Fsp3) is 1.00. The number of ether oxygens (including phenoxy) is 4. The zero-order chi connectivity index (χ0) is 19.0. The first-order chi connectivity index (χ1) is 12.9. The van der Waals surface area contributed by atoms with Crippen LogP contribution < -0.4 is 5.32 Å². The summed E-state index contributed by atoms with van der Waals surface area (Å²) in [5.74, 6) is 0. The highest BCUT2D eigenvalue weighted by Gasteiger charge is 1.95. The summed E-state index contributed by atoms with van der Waals surface area (Å²) < 4.78 is 21.9. The van der Waals surface area contributed by atoms with Crippen LogP contribution in [0.15, 0.2) is 0 Å². The van der Waals surface area contributed by atoms with E-state index in [2.05, 4.69) is 12.2 Å². The molecule has 0 aromatic heterocycles. The van der Waals surface area contributed by atoms with Crippen LogP contribution in [0.25, 0.3) is 0 Å². The molecule has 0 fully saturated rings. The number of nitrogens with one attached hydrogen (secondary N) is 1. The Hall–Kier alpha value is -0.200. The molecule has 0 radical (unpaired) electrons. The Morgan fingerprint density at radius 1 is 0.462 bits per heavy atom. The second-order valence-corrected chi connectivity index (χ2v) is 6.74. The molecule has 0 saturated heterocycles. The van der Waals surface area contributed by atoms with Crippen molar-refractivity contribution in [2.75, 3.05) is 66.4 Å². The minimum atomic E-state index is 0.619. The third-order valence-corrected chi connectivity index (χ3v) is 4.25. The van der Waals surface area contributed by atoms with Crippen molar-refractivity contribution in [2.24, 2.45) is 0 Å². The van der Waals surface area contributed by atoms with Crippen LogP contribution in [0.5, 0.6) is 0 Å². The lowest BCUT2D eigenvalue weighted by Gasteiger charge is -2.07. The molecule has 0 unspecified atom stereocenters. The summed E-state index contributed by atoms with van der Waals surface area (Å²) in [4.78, 5) is 0. The second-order valence-electron chi connectivity index (χ2n) is 6.74. The molecular formula is C21H45NO4. The molecule has 0 heterocycles. The zero-order valence-electron chi connectivity index (χ0n) is 17.6. The summed E-state index contributed by atoms with van der Waals surface area (Å²) in [7, 11) is 1.91. The highest BCUT2D eigenvalue weighted by molar-refractivity contribution is 4.47. The lowest BCUT2D eigenvalue weighted by atomic mass is 10.1. The molecule has 0 atom stereocenters. The van der Waals surface area contributed by atoms with Gasteiger partial charge >= 0.3 is 0 Å². The van der Waals surface area contributed by atoms with Crippen molar-refractivity contribution in [3.8, 4) is 0 Å². The van der Waals surface area contributed by atoms with Crippen molar-refractivity contribution < 1.29 is 18.9 Å². The van der Waals surface area contributed by atoms with Gasteiger partial charge in [-0.15, -0.1) is 0 Å². The van der Waals surface area contributed by atoms with Gasteiger partial charge in [-0.05, 0) is 13.5 Å². The normalized spacial score (nSPS) is 11.3. The summed E-state index contributed by atoms with van der Waals surface area (Å²) in [5, 5.41) is 3.03. The number of likely N-dealkylation sites (N-methyl/N-ethyl adjacent to an activating group) is 1. The van der Waals surface area contributed by atoms with Gasteiger partial charge in [0.05, 0.1) is 46.2 Å². The summed E-state index contributed by atoms with van der Waals surface area (Å²) in [5.41, 5.74) is 0. The number of hydrogen-bond acceptors (Lipinski definition) is 5. The summed E-state index contributed by atoms with van der Waals surface area (Å²) in [6, 6.07) is 0. The topological polar surface area (TPSA) is 49.0 Å². The molecule has 5 heteroatoms. The predicted octanol–water partition coefficient (Wildman–Crippen LogP) is 4.19. The molecule has 5 nitrogen and oxygen atoms in total. The zero-order valence-corrected chi connectivity index (χ0v) is 17.6. The Balaban J connectivity index is 2.95. The maximum atomic E-state index is 5.60. The first-order valence-corrected chi connectivity index (χ1v) is 10.9. The molecule has 158 valence electrons. The molecule has 0 aromatic carbocycles. The number of unbranched alkanes of at least 4 members (excludes halogenated alkanes) is 9. The SMILES string of the molecule is CCCCCCCCCCCCOCCOCCOCCOCCNC. The van der Waals surface area contributed by atoms with Crippen LogP contribution in [0.1, 0.15) is 71.1 Å². The van der Waals surface area contributed by atoms with E-state index in [1.54, 1.807) is 0 Å². The summed E-state index contributed by atoms with van der Waals surface area (Å²) >= 11 is 0. The molecule has 1 N–H and O–H groups in total. The molecule has 0 aliphatic carbocycles. The van der Waals surface area contributed by atoms with E-state index in [4.69, 9.17) is 18.9 Å². The van der Waals surface area contributed by atoms with Gasteiger partial charge in [0.25, 0.3) is 0 Å². The van der Waals surface area contributed by atoms with Gasteiger partial charge in [0.2, 0.25) is 0 Å². The summed E-state index contributed by atoms with van der Waals surface area (Å²) in [6.07, 6.45) is 13.6. The van der Waals surface area contributed by atoms with E-state index in [1.807, 2.05) is 7.05 Å². The Morgan fingerprint density at radius 3 is 1.31 bits per heavy atom. The van der Waals surface area contributed by atoms with Crippen LogP contribution in [0.2, 0.25) is 0 Å². The van der Waals surface area contributed by atoms with Gasteiger partial charge in [-0.3, -0.25) is 0 Å². The number of rotatable bonds is 23. The quantitative estimate of drug-likeness (QED) is 0.271. The van der Waals surface area contributed by atoms with E-state index in [0.29, 0.717) is 39.6 Å². The number of hydrogen-bond donors (Lipinski definition) is 1. The molecule has 26 heavy (non-hydrogen) atoms. The highest BCUT2D eigenvalue weighted by atomic mass is 16.6. The minimum Gasteiger partial charge on any atom is -0.379 e. The largest absolute Gasteiger partial charge is 0.379 e. The van der Waals surface area contributed by atoms with Crippen molar-refractivity contribution in [3.63, 3.8) is 0 Å². The van der Waals surface area contributed by atoms with Crippen molar-refractivity contribution in [1.82, 2.24) is 5.32 Å². The van der Waals surface area contributed by atoms with E-state index in [-0.39, 0.29) is 0 Å². The molecule has 0 rings (SSSR count). The maximum Gasteiger partial charge on any atom is 0.0701 e. The standard InChI is InChI=1S/C21H45NO4/c1-3-4-5-6-7-8-9-10-11-12-14-23-16-18-25-20-21-26-19-17-24-15-13-22-2/h22H,3-21H2,1-2H3. The molecule has 0 spiro atoms. The van der Waals surface area contributed by atoms with Crippen LogP contribution in [0, 0.1) is 0 Å². The Kier molecular flexibility index (Phi) is 24.6. The summed E-state index contributed by atoms with van der Waals surface area (Å²) in [6.45, 7) is 8.59. The van der Waals surface area contributed by atoms with Crippen molar-refractivity contribution in [1.29, 1.82) is 0 Å². The first-order valence-electron chi connectivity index (χ1n) is 10.9. The molecule has 0 aliphatic heterocycles.